The Kier molecular flexibility index (Phi) is 3.76. The highest BCUT2D eigenvalue weighted by molar-refractivity contribution is 5.87. The molecule has 0 aliphatic carbocycles. The Morgan fingerprint density at radius 3 is 3.06 bits per heavy atom. The average molecular weight is 235 g/mol. The van der Waals surface area contributed by atoms with E-state index >= 15 is 0 Å². The molecule has 0 bridgehead atoms. The van der Waals surface area contributed by atoms with Crippen molar-refractivity contribution in [2.45, 2.75) is 19.0 Å². The molecule has 1 aliphatic heterocycles. The van der Waals surface area contributed by atoms with E-state index in [2.05, 4.69) is 4.90 Å². The maximum absolute atomic E-state index is 10.9. The molecule has 92 valence electrons. The number of aromatic carboxylic acids is 1. The van der Waals surface area contributed by atoms with E-state index in [1.165, 1.54) is 0 Å². The summed E-state index contributed by atoms with van der Waals surface area (Å²) in [5.41, 5.74) is 1.37. The van der Waals surface area contributed by atoms with Crippen molar-refractivity contribution in [2.75, 3.05) is 20.3 Å². The van der Waals surface area contributed by atoms with Gasteiger partial charge in [0.25, 0.3) is 0 Å². The number of hydrogen-bond acceptors (Lipinski definition) is 3. The van der Waals surface area contributed by atoms with Crippen LogP contribution in [0, 0.1) is 0 Å². The van der Waals surface area contributed by atoms with Crippen LogP contribution >= 0.6 is 0 Å². The molecule has 1 fully saturated rings. The van der Waals surface area contributed by atoms with Crippen LogP contribution in [-0.2, 0) is 11.3 Å². The maximum Gasteiger partial charge on any atom is 0.335 e. The third-order valence-electron chi connectivity index (χ3n) is 3.13. The van der Waals surface area contributed by atoms with Gasteiger partial charge >= 0.3 is 5.97 Å². The van der Waals surface area contributed by atoms with E-state index in [1.54, 1.807) is 18.2 Å². The molecule has 1 aliphatic rings. The Labute approximate surface area is 101 Å². The van der Waals surface area contributed by atoms with Gasteiger partial charge < -0.3 is 9.84 Å². The molecule has 4 heteroatoms. The van der Waals surface area contributed by atoms with Gasteiger partial charge in [-0.1, -0.05) is 12.1 Å². The summed E-state index contributed by atoms with van der Waals surface area (Å²) in [5, 5.41) is 8.92. The summed E-state index contributed by atoms with van der Waals surface area (Å²) >= 11 is 0. The fourth-order valence-corrected chi connectivity index (χ4v) is 2.09. The van der Waals surface area contributed by atoms with E-state index in [1.807, 2.05) is 13.1 Å². The third-order valence-corrected chi connectivity index (χ3v) is 3.13. The van der Waals surface area contributed by atoms with Gasteiger partial charge in [-0.15, -0.1) is 0 Å². The fourth-order valence-electron chi connectivity index (χ4n) is 2.09. The van der Waals surface area contributed by atoms with E-state index in [-0.39, 0.29) is 0 Å². The molecule has 1 aromatic carbocycles. The zero-order chi connectivity index (χ0) is 12.3. The van der Waals surface area contributed by atoms with Gasteiger partial charge in [0.2, 0.25) is 0 Å². The lowest BCUT2D eigenvalue weighted by Crippen LogP contribution is -2.31. The van der Waals surface area contributed by atoms with E-state index < -0.39 is 5.97 Å². The monoisotopic (exact) mass is 235 g/mol. The van der Waals surface area contributed by atoms with Crippen LogP contribution in [0.25, 0.3) is 0 Å². The first-order chi connectivity index (χ1) is 8.16. The van der Waals surface area contributed by atoms with Gasteiger partial charge in [0.15, 0.2) is 0 Å². The average Bonchev–Trinajstić information content (AvgIpc) is 2.82. The number of rotatable bonds is 4. The van der Waals surface area contributed by atoms with Crippen molar-refractivity contribution in [1.82, 2.24) is 4.90 Å². The molecular formula is C13H17NO3. The van der Waals surface area contributed by atoms with E-state index in [4.69, 9.17) is 9.84 Å². The molecule has 1 heterocycles. The van der Waals surface area contributed by atoms with Crippen LogP contribution in [0.5, 0.6) is 0 Å². The molecule has 1 atom stereocenters. The number of nitrogens with zero attached hydrogens (tertiary/aromatic N) is 1. The van der Waals surface area contributed by atoms with Crippen molar-refractivity contribution >= 4 is 5.97 Å². The Balaban J connectivity index is 2.02. The predicted molar refractivity (Wildman–Crippen MR) is 64.1 cm³/mol. The molecule has 1 N–H and O–H groups in total. The van der Waals surface area contributed by atoms with Crippen molar-refractivity contribution in [2.24, 2.45) is 0 Å². The molecule has 0 spiro atoms. The largest absolute Gasteiger partial charge is 0.478 e. The van der Waals surface area contributed by atoms with Crippen LogP contribution in [0.15, 0.2) is 24.3 Å². The van der Waals surface area contributed by atoms with Crippen molar-refractivity contribution in [3.05, 3.63) is 35.4 Å². The third kappa shape index (κ3) is 3.05. The van der Waals surface area contributed by atoms with Gasteiger partial charge in [-0.2, -0.15) is 0 Å². The summed E-state index contributed by atoms with van der Waals surface area (Å²) in [5.74, 6) is -0.876. The van der Waals surface area contributed by atoms with Gasteiger partial charge in [0, 0.05) is 19.2 Å². The number of carboxylic acids is 1. The molecule has 4 nitrogen and oxygen atoms in total. The molecular weight excluding hydrogens is 218 g/mol. The molecule has 2 rings (SSSR count). The van der Waals surface area contributed by atoms with Gasteiger partial charge in [0.05, 0.1) is 12.2 Å². The fraction of sp³-hybridized carbons (Fsp3) is 0.462. The first-order valence-corrected chi connectivity index (χ1v) is 5.77. The summed E-state index contributed by atoms with van der Waals surface area (Å²) in [4.78, 5) is 13.1. The molecule has 1 aromatic rings. The lowest BCUT2D eigenvalue weighted by molar-refractivity contribution is 0.0696. The minimum absolute atomic E-state index is 0.346. The number of ether oxygens (including phenoxy) is 1. The van der Waals surface area contributed by atoms with Crippen LogP contribution in [0.3, 0.4) is 0 Å². The number of likely N-dealkylation sites (N-methyl/N-ethyl adjacent to an activating group) is 1. The second-order valence-corrected chi connectivity index (χ2v) is 4.44. The number of hydrogen-bond donors (Lipinski definition) is 1. The van der Waals surface area contributed by atoms with Gasteiger partial charge in [-0.25, -0.2) is 4.79 Å². The summed E-state index contributed by atoms with van der Waals surface area (Å²) < 4.78 is 5.34. The maximum atomic E-state index is 10.9. The molecule has 0 radical (unpaired) electrons. The van der Waals surface area contributed by atoms with Crippen LogP contribution < -0.4 is 0 Å². The molecule has 17 heavy (non-hydrogen) atoms. The van der Waals surface area contributed by atoms with Crippen molar-refractivity contribution in [3.8, 4) is 0 Å². The summed E-state index contributed by atoms with van der Waals surface area (Å²) in [6, 6.07) is 7.54. The topological polar surface area (TPSA) is 49.8 Å². The lowest BCUT2D eigenvalue weighted by Gasteiger charge is -2.22. The summed E-state index contributed by atoms with van der Waals surface area (Å²) in [6.07, 6.45) is 1.05. The Hall–Kier alpha value is -1.39. The van der Waals surface area contributed by atoms with Crippen molar-refractivity contribution in [3.63, 3.8) is 0 Å². The van der Waals surface area contributed by atoms with Crippen molar-refractivity contribution < 1.29 is 14.6 Å². The summed E-state index contributed by atoms with van der Waals surface area (Å²) in [7, 11) is 2.05. The van der Waals surface area contributed by atoms with Crippen LogP contribution in [0.4, 0.5) is 0 Å². The standard InChI is InChI=1S/C13H17NO3/c1-14(12-5-6-17-9-12)8-10-3-2-4-11(7-10)13(15)16/h2-4,7,12H,5-6,8-9H2,1H3,(H,15,16). The summed E-state index contributed by atoms with van der Waals surface area (Å²) in [6.45, 7) is 2.36. The zero-order valence-corrected chi connectivity index (χ0v) is 9.93. The van der Waals surface area contributed by atoms with Gasteiger partial charge in [-0.3, -0.25) is 4.90 Å². The molecule has 0 aromatic heterocycles. The quantitative estimate of drug-likeness (QED) is 0.861. The highest BCUT2D eigenvalue weighted by atomic mass is 16.5. The minimum atomic E-state index is -0.876. The first-order valence-electron chi connectivity index (χ1n) is 5.77. The molecule has 0 saturated carbocycles. The van der Waals surface area contributed by atoms with E-state index in [0.29, 0.717) is 11.6 Å². The van der Waals surface area contributed by atoms with E-state index in [0.717, 1.165) is 31.7 Å². The SMILES string of the molecule is CN(Cc1cccc(C(=O)O)c1)C1CCOC1. The normalized spacial score (nSPS) is 19.8. The minimum Gasteiger partial charge on any atom is -0.478 e. The Morgan fingerprint density at radius 2 is 2.41 bits per heavy atom. The van der Waals surface area contributed by atoms with Crippen LogP contribution in [0.2, 0.25) is 0 Å². The van der Waals surface area contributed by atoms with Gasteiger partial charge in [-0.05, 0) is 31.2 Å². The number of carbonyl (C=O) groups is 1. The number of carboxylic acid groups (broad SMARTS) is 1. The predicted octanol–water partition coefficient (Wildman–Crippen LogP) is 1.61. The second-order valence-electron chi connectivity index (χ2n) is 4.44. The lowest BCUT2D eigenvalue weighted by atomic mass is 10.1. The van der Waals surface area contributed by atoms with Crippen molar-refractivity contribution in [1.29, 1.82) is 0 Å². The van der Waals surface area contributed by atoms with Crippen LogP contribution in [-0.4, -0.2) is 42.3 Å². The molecule has 0 amide bonds. The highest BCUT2D eigenvalue weighted by Gasteiger charge is 2.20. The molecule has 1 unspecified atom stereocenters. The smallest absolute Gasteiger partial charge is 0.335 e. The second kappa shape index (κ2) is 5.29. The van der Waals surface area contributed by atoms with Crippen LogP contribution in [0.1, 0.15) is 22.3 Å². The highest BCUT2D eigenvalue weighted by Crippen LogP contribution is 2.14. The first kappa shape index (κ1) is 12.1. The zero-order valence-electron chi connectivity index (χ0n) is 9.93. The Bertz CT molecular complexity index is 399. The Morgan fingerprint density at radius 1 is 1.59 bits per heavy atom. The molecule has 1 saturated heterocycles. The van der Waals surface area contributed by atoms with Gasteiger partial charge in [0.1, 0.15) is 0 Å². The number of benzene rings is 1. The van der Waals surface area contributed by atoms with E-state index in [9.17, 15) is 4.79 Å².